The van der Waals surface area contributed by atoms with Crippen molar-refractivity contribution >= 4 is 15.9 Å². The van der Waals surface area contributed by atoms with Gasteiger partial charge in [0.25, 0.3) is 0 Å². The summed E-state index contributed by atoms with van der Waals surface area (Å²) in [4.78, 5) is 0. The normalized spacial score (nSPS) is 19.5. The monoisotopic (exact) mass is 285 g/mol. The van der Waals surface area contributed by atoms with Gasteiger partial charge in [-0.15, -0.1) is 0 Å². The van der Waals surface area contributed by atoms with E-state index in [4.69, 9.17) is 5.73 Å². The molecule has 0 aliphatic heterocycles. The zero-order chi connectivity index (χ0) is 11.7. The van der Waals surface area contributed by atoms with Crippen LogP contribution in [0.2, 0.25) is 0 Å². The van der Waals surface area contributed by atoms with E-state index in [1.165, 1.54) is 25.0 Å². The van der Waals surface area contributed by atoms with Gasteiger partial charge >= 0.3 is 0 Å². The van der Waals surface area contributed by atoms with E-state index in [0.717, 1.165) is 22.4 Å². The van der Waals surface area contributed by atoms with Crippen molar-refractivity contribution in [1.82, 2.24) is 0 Å². The first-order valence-corrected chi connectivity index (χ1v) is 6.56. The lowest BCUT2D eigenvalue weighted by molar-refractivity contribution is 0.404. The molecule has 3 heteroatoms. The second-order valence-electron chi connectivity index (χ2n) is 4.80. The second-order valence-corrected chi connectivity index (χ2v) is 5.65. The Morgan fingerprint density at radius 3 is 2.75 bits per heavy atom. The van der Waals surface area contributed by atoms with Crippen LogP contribution in [-0.4, -0.2) is 6.04 Å². The van der Waals surface area contributed by atoms with Crippen molar-refractivity contribution in [1.29, 1.82) is 0 Å². The standard InChI is InChI=1S/C13H17BrFN/c1-8(9-2-3-9)13(16)6-10-4-5-11(15)7-12(10)14/h4-5,7-9,13H,2-3,6,16H2,1H3. The first-order valence-electron chi connectivity index (χ1n) is 5.77. The minimum absolute atomic E-state index is 0.175. The molecule has 2 rings (SSSR count). The first-order chi connectivity index (χ1) is 7.58. The van der Waals surface area contributed by atoms with Gasteiger partial charge in [0.2, 0.25) is 0 Å². The summed E-state index contributed by atoms with van der Waals surface area (Å²) in [6.45, 7) is 2.22. The molecule has 0 bridgehead atoms. The molecule has 1 aromatic carbocycles. The van der Waals surface area contributed by atoms with E-state index < -0.39 is 0 Å². The lowest BCUT2D eigenvalue weighted by Gasteiger charge is -2.20. The van der Waals surface area contributed by atoms with Crippen molar-refractivity contribution in [3.63, 3.8) is 0 Å². The molecule has 1 aliphatic carbocycles. The topological polar surface area (TPSA) is 26.0 Å². The van der Waals surface area contributed by atoms with Crippen LogP contribution in [0.3, 0.4) is 0 Å². The Bertz CT molecular complexity index is 376. The zero-order valence-corrected chi connectivity index (χ0v) is 11.0. The third-order valence-electron chi connectivity index (χ3n) is 3.51. The molecular formula is C13H17BrFN. The van der Waals surface area contributed by atoms with E-state index in [0.29, 0.717) is 5.92 Å². The summed E-state index contributed by atoms with van der Waals surface area (Å²) in [7, 11) is 0. The molecule has 0 saturated heterocycles. The van der Waals surface area contributed by atoms with Gasteiger partial charge in [-0.2, -0.15) is 0 Å². The van der Waals surface area contributed by atoms with E-state index in [-0.39, 0.29) is 11.9 Å². The fourth-order valence-corrected chi connectivity index (χ4v) is 2.61. The molecule has 0 heterocycles. The van der Waals surface area contributed by atoms with E-state index in [2.05, 4.69) is 22.9 Å². The average molecular weight is 286 g/mol. The minimum atomic E-state index is -0.209. The summed E-state index contributed by atoms with van der Waals surface area (Å²) in [5, 5.41) is 0. The Kier molecular flexibility index (Phi) is 3.65. The van der Waals surface area contributed by atoms with Gasteiger partial charge in [-0.3, -0.25) is 0 Å². The van der Waals surface area contributed by atoms with E-state index >= 15 is 0 Å². The molecule has 0 spiro atoms. The quantitative estimate of drug-likeness (QED) is 0.900. The number of rotatable bonds is 4. The number of hydrogen-bond donors (Lipinski definition) is 1. The summed E-state index contributed by atoms with van der Waals surface area (Å²) in [6, 6.07) is 4.99. The second kappa shape index (κ2) is 4.84. The third kappa shape index (κ3) is 2.83. The van der Waals surface area contributed by atoms with Crippen LogP contribution in [0, 0.1) is 17.7 Å². The van der Waals surface area contributed by atoms with Gasteiger partial charge in [-0.05, 0) is 48.8 Å². The average Bonchev–Trinajstić information content (AvgIpc) is 3.04. The lowest BCUT2D eigenvalue weighted by atomic mass is 9.92. The SMILES string of the molecule is CC(C(N)Cc1ccc(F)cc1Br)C1CC1. The highest BCUT2D eigenvalue weighted by Gasteiger charge is 2.31. The molecule has 0 aromatic heterocycles. The lowest BCUT2D eigenvalue weighted by Crippen LogP contribution is -2.31. The molecule has 1 nitrogen and oxygen atoms in total. The Hall–Kier alpha value is -0.410. The highest BCUT2D eigenvalue weighted by Crippen LogP contribution is 2.38. The van der Waals surface area contributed by atoms with Crippen LogP contribution in [0.25, 0.3) is 0 Å². The predicted octanol–water partition coefficient (Wildman–Crippen LogP) is 3.50. The Morgan fingerprint density at radius 2 is 2.19 bits per heavy atom. The maximum atomic E-state index is 12.9. The molecule has 88 valence electrons. The van der Waals surface area contributed by atoms with Crippen molar-refractivity contribution in [2.75, 3.05) is 0 Å². The molecule has 1 fully saturated rings. The highest BCUT2D eigenvalue weighted by molar-refractivity contribution is 9.10. The third-order valence-corrected chi connectivity index (χ3v) is 4.25. The maximum absolute atomic E-state index is 12.9. The number of halogens is 2. The Morgan fingerprint density at radius 1 is 1.50 bits per heavy atom. The first kappa shape index (κ1) is 12.1. The van der Waals surface area contributed by atoms with Crippen molar-refractivity contribution in [2.45, 2.75) is 32.2 Å². The molecule has 2 N–H and O–H groups in total. The van der Waals surface area contributed by atoms with Crippen molar-refractivity contribution in [3.05, 3.63) is 34.1 Å². The fourth-order valence-electron chi connectivity index (χ4n) is 2.10. The zero-order valence-electron chi connectivity index (χ0n) is 9.42. The van der Waals surface area contributed by atoms with Gasteiger partial charge in [0.15, 0.2) is 0 Å². The predicted molar refractivity (Wildman–Crippen MR) is 67.7 cm³/mol. The van der Waals surface area contributed by atoms with Crippen LogP contribution in [0.5, 0.6) is 0 Å². The van der Waals surface area contributed by atoms with Crippen LogP contribution in [0.1, 0.15) is 25.3 Å². The number of benzene rings is 1. The van der Waals surface area contributed by atoms with Gasteiger partial charge in [0.05, 0.1) is 0 Å². The van der Waals surface area contributed by atoms with Gasteiger partial charge < -0.3 is 5.73 Å². The van der Waals surface area contributed by atoms with Gasteiger partial charge in [0, 0.05) is 10.5 Å². The minimum Gasteiger partial charge on any atom is -0.327 e. The van der Waals surface area contributed by atoms with Crippen molar-refractivity contribution < 1.29 is 4.39 Å². The molecular weight excluding hydrogens is 269 g/mol. The largest absolute Gasteiger partial charge is 0.327 e. The van der Waals surface area contributed by atoms with E-state index in [1.807, 2.05) is 6.07 Å². The molecule has 1 aromatic rings. The van der Waals surface area contributed by atoms with Crippen LogP contribution in [0.15, 0.2) is 22.7 Å². The summed E-state index contributed by atoms with van der Waals surface area (Å²) in [5.74, 6) is 1.17. The molecule has 16 heavy (non-hydrogen) atoms. The number of hydrogen-bond acceptors (Lipinski definition) is 1. The number of nitrogens with two attached hydrogens (primary N) is 1. The molecule has 1 saturated carbocycles. The molecule has 0 radical (unpaired) electrons. The molecule has 0 amide bonds. The molecule has 2 atom stereocenters. The van der Waals surface area contributed by atoms with Crippen LogP contribution in [-0.2, 0) is 6.42 Å². The Labute approximate surface area is 104 Å². The van der Waals surface area contributed by atoms with Crippen LogP contribution in [0.4, 0.5) is 4.39 Å². The summed E-state index contributed by atoms with van der Waals surface area (Å²) < 4.78 is 13.7. The van der Waals surface area contributed by atoms with Gasteiger partial charge in [0.1, 0.15) is 5.82 Å². The van der Waals surface area contributed by atoms with Crippen molar-refractivity contribution in [2.24, 2.45) is 17.6 Å². The van der Waals surface area contributed by atoms with Gasteiger partial charge in [-0.1, -0.05) is 28.9 Å². The maximum Gasteiger partial charge on any atom is 0.124 e. The summed E-state index contributed by atoms with van der Waals surface area (Å²) in [6.07, 6.45) is 3.46. The van der Waals surface area contributed by atoms with E-state index in [1.54, 1.807) is 0 Å². The van der Waals surface area contributed by atoms with Crippen LogP contribution < -0.4 is 5.73 Å². The molecule has 2 unspecified atom stereocenters. The smallest absolute Gasteiger partial charge is 0.124 e. The highest BCUT2D eigenvalue weighted by atomic mass is 79.9. The Balaban J connectivity index is 2.02. The van der Waals surface area contributed by atoms with Crippen LogP contribution >= 0.6 is 15.9 Å². The van der Waals surface area contributed by atoms with Gasteiger partial charge in [-0.25, -0.2) is 4.39 Å². The molecule has 1 aliphatic rings. The summed E-state index contributed by atoms with van der Waals surface area (Å²) in [5.41, 5.74) is 7.28. The fraction of sp³-hybridized carbons (Fsp3) is 0.538. The summed E-state index contributed by atoms with van der Waals surface area (Å²) >= 11 is 3.38. The van der Waals surface area contributed by atoms with E-state index in [9.17, 15) is 4.39 Å². The van der Waals surface area contributed by atoms with Crippen molar-refractivity contribution in [3.8, 4) is 0 Å².